The number of carbonyl (C=O) groups is 2. The maximum absolute atomic E-state index is 14.7. The molecule has 0 aliphatic heterocycles. The summed E-state index contributed by atoms with van der Waals surface area (Å²) in [6.07, 6.45) is -6.67. The second-order valence-corrected chi connectivity index (χ2v) is 5.51. The molecule has 1 amide bonds. The number of aliphatic imine (C=N–C) groups is 1. The summed E-state index contributed by atoms with van der Waals surface area (Å²) in [5.74, 6) is -7.74. The molecule has 0 aromatic rings. The van der Waals surface area contributed by atoms with Gasteiger partial charge in [-0.1, -0.05) is 0 Å². The Morgan fingerprint density at radius 1 is 1.31 bits per heavy atom. The van der Waals surface area contributed by atoms with Crippen LogP contribution in [-0.4, -0.2) is 87.8 Å². The summed E-state index contributed by atoms with van der Waals surface area (Å²) in [5.41, 5.74) is 10.3. The topological polar surface area (TPSA) is 201 Å². The van der Waals surface area contributed by atoms with Crippen LogP contribution in [0.15, 0.2) is 4.99 Å². The molecule has 0 aromatic carbocycles. The number of aliphatic carboxylic acids is 1. The van der Waals surface area contributed by atoms with Crippen molar-refractivity contribution in [2.75, 3.05) is 13.2 Å². The number of carbonyl (C=O) groups excluding carboxylic acids is 1. The number of nitrogens with zero attached hydrogens (tertiary/aromatic N) is 1. The Balaban J connectivity index is 5.59. The van der Waals surface area contributed by atoms with E-state index in [0.717, 1.165) is 6.92 Å². The lowest BCUT2D eigenvalue weighted by Crippen LogP contribution is -2.57. The number of carboxylic acids is 1. The van der Waals surface area contributed by atoms with E-state index >= 15 is 0 Å². The minimum atomic E-state index is -4.02. The minimum absolute atomic E-state index is 0.636. The van der Waals surface area contributed by atoms with Crippen LogP contribution in [0.4, 0.5) is 8.78 Å². The summed E-state index contributed by atoms with van der Waals surface area (Å²) in [5, 5.41) is 38.5. The molecule has 0 aliphatic rings. The fourth-order valence-corrected chi connectivity index (χ4v) is 1.93. The first-order valence-corrected chi connectivity index (χ1v) is 7.39. The summed E-state index contributed by atoms with van der Waals surface area (Å²) >= 11 is 0. The minimum Gasteiger partial charge on any atom is -0.477 e. The molecular weight excluding hydrogens is 362 g/mol. The standard InChI is InChI=1S/C13H24F2N4O7/c1-5(18-6(2)21)9(19-12(16)17)10(14)13(15,11(24)25)26-4-8(23)7(22)3-20/h5,7-10,20,22-23H,3-4H2,1-2H3,(H,18,21)(H,24,25)(H4,16,17,19). The number of hydrogen-bond donors (Lipinski definition) is 7. The Labute approximate surface area is 147 Å². The first-order valence-electron chi connectivity index (χ1n) is 7.39. The van der Waals surface area contributed by atoms with Crippen LogP contribution in [0.1, 0.15) is 13.8 Å². The second kappa shape index (κ2) is 10.2. The zero-order valence-corrected chi connectivity index (χ0v) is 14.2. The number of rotatable bonds is 11. The molecule has 9 N–H and O–H groups in total. The van der Waals surface area contributed by atoms with Gasteiger partial charge in [-0.05, 0) is 6.92 Å². The third-order valence-electron chi connectivity index (χ3n) is 3.28. The lowest BCUT2D eigenvalue weighted by atomic mass is 9.98. The molecule has 6 atom stereocenters. The van der Waals surface area contributed by atoms with E-state index in [9.17, 15) is 23.5 Å². The van der Waals surface area contributed by atoms with Gasteiger partial charge in [0.15, 0.2) is 12.1 Å². The van der Waals surface area contributed by atoms with Gasteiger partial charge in [0.2, 0.25) is 5.91 Å². The number of amides is 1. The molecule has 0 bridgehead atoms. The molecule has 0 saturated heterocycles. The van der Waals surface area contributed by atoms with Gasteiger partial charge in [-0.15, -0.1) is 0 Å². The lowest BCUT2D eigenvalue weighted by molar-refractivity contribution is -0.227. The van der Waals surface area contributed by atoms with Gasteiger partial charge in [0.05, 0.1) is 19.3 Å². The molecule has 0 aliphatic carbocycles. The molecule has 0 spiro atoms. The molecule has 0 radical (unpaired) electrons. The van der Waals surface area contributed by atoms with Crippen molar-refractivity contribution in [1.29, 1.82) is 0 Å². The van der Waals surface area contributed by atoms with E-state index in [2.05, 4.69) is 15.0 Å². The Hall–Kier alpha value is -2.09. The highest BCUT2D eigenvalue weighted by Crippen LogP contribution is 2.28. The van der Waals surface area contributed by atoms with E-state index < -0.39 is 67.4 Å². The molecule has 0 aromatic heterocycles. The molecule has 0 heterocycles. The maximum Gasteiger partial charge on any atom is 0.372 e. The number of aliphatic hydroxyl groups is 3. The molecule has 0 saturated carbocycles. The van der Waals surface area contributed by atoms with Crippen molar-refractivity contribution in [2.45, 2.75) is 50.2 Å². The average molecular weight is 386 g/mol. The van der Waals surface area contributed by atoms with Crippen molar-refractivity contribution in [3.63, 3.8) is 0 Å². The normalized spacial score (nSPS) is 19.3. The van der Waals surface area contributed by atoms with Crippen LogP contribution in [0.2, 0.25) is 0 Å². The van der Waals surface area contributed by atoms with E-state index in [0.29, 0.717) is 0 Å². The third kappa shape index (κ3) is 6.67. The SMILES string of the molecule is CC(=O)NC(C)C(N=C(N)N)C(F)C(F)(OCC(O)C(O)CO)C(=O)O. The predicted molar refractivity (Wildman–Crippen MR) is 84.3 cm³/mol. The van der Waals surface area contributed by atoms with Crippen LogP contribution in [0, 0.1) is 0 Å². The Morgan fingerprint density at radius 2 is 1.85 bits per heavy atom. The van der Waals surface area contributed by atoms with E-state index in [1.807, 2.05) is 0 Å². The Morgan fingerprint density at radius 3 is 2.23 bits per heavy atom. The summed E-state index contributed by atoms with van der Waals surface area (Å²) in [4.78, 5) is 25.7. The number of hydrogen-bond acceptors (Lipinski definition) is 7. The first kappa shape index (κ1) is 23.9. The van der Waals surface area contributed by atoms with Gasteiger partial charge in [-0.3, -0.25) is 4.79 Å². The molecule has 6 unspecified atom stereocenters. The average Bonchev–Trinajstić information content (AvgIpc) is 2.54. The molecule has 13 heteroatoms. The third-order valence-corrected chi connectivity index (χ3v) is 3.28. The fourth-order valence-electron chi connectivity index (χ4n) is 1.93. The zero-order valence-electron chi connectivity index (χ0n) is 14.2. The number of aliphatic hydroxyl groups excluding tert-OH is 3. The number of nitrogens with two attached hydrogens (primary N) is 2. The molecule has 0 rings (SSSR count). The van der Waals surface area contributed by atoms with Gasteiger partial charge in [-0.25, -0.2) is 14.2 Å². The highest BCUT2D eigenvalue weighted by Gasteiger charge is 2.54. The summed E-state index contributed by atoms with van der Waals surface area (Å²) in [7, 11) is 0. The fraction of sp³-hybridized carbons (Fsp3) is 0.769. The molecule has 0 fully saturated rings. The molecule has 152 valence electrons. The van der Waals surface area contributed by atoms with Crippen LogP contribution < -0.4 is 16.8 Å². The predicted octanol–water partition coefficient (Wildman–Crippen LogP) is -3.03. The number of nitrogens with one attached hydrogen (secondary N) is 1. The Bertz CT molecular complexity index is 521. The highest BCUT2D eigenvalue weighted by atomic mass is 19.2. The van der Waals surface area contributed by atoms with Crippen molar-refractivity contribution in [1.82, 2.24) is 5.32 Å². The van der Waals surface area contributed by atoms with Gasteiger partial charge in [0.25, 0.3) is 0 Å². The smallest absolute Gasteiger partial charge is 0.372 e. The van der Waals surface area contributed by atoms with Crippen LogP contribution in [0.25, 0.3) is 0 Å². The van der Waals surface area contributed by atoms with Crippen molar-refractivity contribution < 1.29 is 43.5 Å². The van der Waals surface area contributed by atoms with E-state index in [4.69, 9.17) is 26.8 Å². The van der Waals surface area contributed by atoms with Crippen LogP contribution in [0.5, 0.6) is 0 Å². The summed E-state index contributed by atoms with van der Waals surface area (Å²) in [6, 6.07) is -3.11. The molecular formula is C13H24F2N4O7. The summed E-state index contributed by atoms with van der Waals surface area (Å²) in [6.45, 7) is 0.206. The maximum atomic E-state index is 14.7. The van der Waals surface area contributed by atoms with E-state index in [1.165, 1.54) is 6.92 Å². The number of carboxylic acid groups (broad SMARTS) is 1. The van der Waals surface area contributed by atoms with Crippen molar-refractivity contribution in [3.8, 4) is 0 Å². The van der Waals surface area contributed by atoms with Crippen LogP contribution in [-0.2, 0) is 14.3 Å². The highest BCUT2D eigenvalue weighted by molar-refractivity contribution is 5.78. The number of guanidine groups is 1. The molecule has 11 nitrogen and oxygen atoms in total. The zero-order chi connectivity index (χ0) is 20.7. The number of halogens is 2. The van der Waals surface area contributed by atoms with Gasteiger partial charge >= 0.3 is 11.8 Å². The van der Waals surface area contributed by atoms with E-state index in [-0.39, 0.29) is 0 Å². The first-order chi connectivity index (χ1) is 11.9. The van der Waals surface area contributed by atoms with Gasteiger partial charge < -0.3 is 41.9 Å². The number of ether oxygens (including phenoxy) is 1. The van der Waals surface area contributed by atoms with Crippen molar-refractivity contribution in [3.05, 3.63) is 0 Å². The molecule has 26 heavy (non-hydrogen) atoms. The van der Waals surface area contributed by atoms with Crippen LogP contribution in [0.3, 0.4) is 0 Å². The van der Waals surface area contributed by atoms with E-state index in [1.54, 1.807) is 0 Å². The quantitative estimate of drug-likeness (QED) is 0.142. The van der Waals surface area contributed by atoms with Crippen molar-refractivity contribution >= 4 is 17.8 Å². The monoisotopic (exact) mass is 386 g/mol. The lowest BCUT2D eigenvalue weighted by Gasteiger charge is -2.32. The van der Waals surface area contributed by atoms with Gasteiger partial charge in [0, 0.05) is 6.92 Å². The van der Waals surface area contributed by atoms with Crippen molar-refractivity contribution in [2.24, 2.45) is 16.5 Å². The summed E-state index contributed by atoms with van der Waals surface area (Å²) < 4.78 is 33.8. The Kier molecular flexibility index (Phi) is 9.34. The number of alkyl halides is 2. The largest absolute Gasteiger partial charge is 0.477 e. The second-order valence-electron chi connectivity index (χ2n) is 5.51. The van der Waals surface area contributed by atoms with Gasteiger partial charge in [-0.2, -0.15) is 4.39 Å². The van der Waals surface area contributed by atoms with Crippen LogP contribution >= 0.6 is 0 Å². The van der Waals surface area contributed by atoms with Gasteiger partial charge in [0.1, 0.15) is 18.2 Å².